The maximum atomic E-state index is 6.01. The number of hydrogen-bond acceptors (Lipinski definition) is 2. The Morgan fingerprint density at radius 1 is 1.24 bits per heavy atom. The third kappa shape index (κ3) is 5.42. The van der Waals surface area contributed by atoms with Crippen molar-refractivity contribution >= 4 is 11.6 Å². The van der Waals surface area contributed by atoms with Crippen molar-refractivity contribution in [1.29, 1.82) is 0 Å². The molecule has 0 amide bonds. The molecule has 0 unspecified atom stereocenters. The molecule has 17 heavy (non-hydrogen) atoms. The zero-order valence-corrected chi connectivity index (χ0v) is 11.8. The topological polar surface area (TPSA) is 21.3 Å². The van der Waals surface area contributed by atoms with Crippen LogP contribution in [0.5, 0.6) is 5.75 Å². The monoisotopic (exact) mass is 255 g/mol. The van der Waals surface area contributed by atoms with Gasteiger partial charge in [-0.2, -0.15) is 0 Å². The second-order valence-electron chi connectivity index (χ2n) is 4.99. The van der Waals surface area contributed by atoms with Gasteiger partial charge in [0.1, 0.15) is 5.75 Å². The Morgan fingerprint density at radius 2 is 1.94 bits per heavy atom. The van der Waals surface area contributed by atoms with E-state index in [2.05, 4.69) is 33.0 Å². The van der Waals surface area contributed by atoms with Gasteiger partial charge in [-0.05, 0) is 24.1 Å². The van der Waals surface area contributed by atoms with Gasteiger partial charge in [0.25, 0.3) is 0 Å². The smallest absolute Gasteiger partial charge is 0.123 e. The van der Waals surface area contributed by atoms with Gasteiger partial charge in [-0.25, -0.2) is 0 Å². The van der Waals surface area contributed by atoms with Crippen LogP contribution in [-0.2, 0) is 6.54 Å². The Kier molecular flexibility index (Phi) is 5.79. The molecular formula is C14H22ClNO. The highest BCUT2D eigenvalue weighted by Crippen LogP contribution is 2.23. The molecule has 0 fully saturated rings. The number of hydrogen-bond donors (Lipinski definition) is 1. The molecule has 1 aromatic carbocycles. The van der Waals surface area contributed by atoms with Crippen molar-refractivity contribution in [2.75, 3.05) is 6.61 Å². The molecule has 96 valence electrons. The van der Waals surface area contributed by atoms with Crippen molar-refractivity contribution in [3.8, 4) is 5.75 Å². The molecule has 0 aliphatic carbocycles. The third-order valence-electron chi connectivity index (χ3n) is 2.30. The molecule has 0 atom stereocenters. The summed E-state index contributed by atoms with van der Waals surface area (Å²) < 4.78 is 5.79. The molecule has 1 N–H and O–H groups in total. The summed E-state index contributed by atoms with van der Waals surface area (Å²) in [6, 6.07) is 6.23. The molecule has 0 aliphatic rings. The molecule has 0 heterocycles. The van der Waals surface area contributed by atoms with Crippen LogP contribution in [0.3, 0.4) is 0 Å². The zero-order valence-electron chi connectivity index (χ0n) is 11.1. The van der Waals surface area contributed by atoms with E-state index in [1.807, 2.05) is 18.2 Å². The van der Waals surface area contributed by atoms with E-state index >= 15 is 0 Å². The minimum atomic E-state index is 0.451. The number of ether oxygens (including phenoxy) is 1. The van der Waals surface area contributed by atoms with E-state index in [4.69, 9.17) is 16.3 Å². The van der Waals surface area contributed by atoms with Crippen molar-refractivity contribution in [1.82, 2.24) is 5.32 Å². The van der Waals surface area contributed by atoms with E-state index in [0.29, 0.717) is 12.0 Å². The van der Waals surface area contributed by atoms with Gasteiger partial charge in [-0.3, -0.25) is 0 Å². The van der Waals surface area contributed by atoms with Gasteiger partial charge in [0.2, 0.25) is 0 Å². The Hall–Kier alpha value is -0.730. The Labute approximate surface area is 109 Å². The van der Waals surface area contributed by atoms with Crippen LogP contribution >= 0.6 is 11.6 Å². The summed E-state index contributed by atoms with van der Waals surface area (Å²) in [7, 11) is 0. The predicted molar refractivity (Wildman–Crippen MR) is 73.8 cm³/mol. The number of rotatable bonds is 6. The standard InChI is InChI=1S/C14H22ClNO/c1-10(2)9-17-14-6-5-13(15)7-12(14)8-16-11(3)4/h5-7,10-11,16H,8-9H2,1-4H3. The average Bonchev–Trinajstić information content (AvgIpc) is 2.24. The quantitative estimate of drug-likeness (QED) is 0.833. The van der Waals surface area contributed by atoms with Crippen LogP contribution in [0.25, 0.3) is 0 Å². The van der Waals surface area contributed by atoms with Crippen LogP contribution in [0.2, 0.25) is 5.02 Å². The largest absolute Gasteiger partial charge is 0.493 e. The highest BCUT2D eigenvalue weighted by Gasteiger charge is 2.06. The van der Waals surface area contributed by atoms with Crippen LogP contribution in [0.1, 0.15) is 33.3 Å². The molecule has 2 nitrogen and oxygen atoms in total. The summed E-state index contributed by atoms with van der Waals surface area (Å²) in [6.45, 7) is 10.0. The highest BCUT2D eigenvalue weighted by molar-refractivity contribution is 6.30. The van der Waals surface area contributed by atoms with Crippen LogP contribution in [0.4, 0.5) is 0 Å². The van der Waals surface area contributed by atoms with Crippen LogP contribution in [0.15, 0.2) is 18.2 Å². The Morgan fingerprint density at radius 3 is 2.53 bits per heavy atom. The summed E-state index contributed by atoms with van der Waals surface area (Å²) in [5.74, 6) is 1.45. The van der Waals surface area contributed by atoms with Crippen LogP contribution < -0.4 is 10.1 Å². The lowest BCUT2D eigenvalue weighted by Gasteiger charge is -2.15. The molecule has 0 bridgehead atoms. The normalized spacial score (nSPS) is 11.2. The summed E-state index contributed by atoms with van der Waals surface area (Å²) in [5, 5.41) is 4.13. The number of nitrogens with one attached hydrogen (secondary N) is 1. The fourth-order valence-electron chi connectivity index (χ4n) is 1.40. The van der Waals surface area contributed by atoms with Crippen molar-refractivity contribution in [3.63, 3.8) is 0 Å². The zero-order chi connectivity index (χ0) is 12.8. The molecule has 0 saturated carbocycles. The maximum Gasteiger partial charge on any atom is 0.123 e. The summed E-state index contributed by atoms with van der Waals surface area (Å²) in [6.07, 6.45) is 0. The minimum Gasteiger partial charge on any atom is -0.493 e. The minimum absolute atomic E-state index is 0.451. The van der Waals surface area contributed by atoms with Gasteiger partial charge >= 0.3 is 0 Å². The second-order valence-corrected chi connectivity index (χ2v) is 5.43. The molecule has 0 aromatic heterocycles. The Balaban J connectivity index is 2.72. The summed E-state index contributed by atoms with van der Waals surface area (Å²) >= 11 is 6.01. The van der Waals surface area contributed by atoms with E-state index < -0.39 is 0 Å². The first-order chi connectivity index (χ1) is 7.99. The molecular weight excluding hydrogens is 234 g/mol. The van der Waals surface area contributed by atoms with Gasteiger partial charge in [0, 0.05) is 23.2 Å². The van der Waals surface area contributed by atoms with E-state index in [-0.39, 0.29) is 0 Å². The fraction of sp³-hybridized carbons (Fsp3) is 0.571. The van der Waals surface area contributed by atoms with E-state index in [1.165, 1.54) is 0 Å². The molecule has 0 saturated heterocycles. The van der Waals surface area contributed by atoms with Crippen LogP contribution in [0, 0.1) is 5.92 Å². The van der Waals surface area contributed by atoms with Crippen molar-refractivity contribution < 1.29 is 4.74 Å². The molecule has 0 spiro atoms. The molecule has 3 heteroatoms. The average molecular weight is 256 g/mol. The van der Waals surface area contributed by atoms with Gasteiger partial charge in [0.05, 0.1) is 6.61 Å². The SMILES string of the molecule is CC(C)COc1ccc(Cl)cc1CNC(C)C. The first kappa shape index (κ1) is 14.3. The third-order valence-corrected chi connectivity index (χ3v) is 2.53. The maximum absolute atomic E-state index is 6.01. The fourth-order valence-corrected chi connectivity index (χ4v) is 1.59. The van der Waals surface area contributed by atoms with E-state index in [9.17, 15) is 0 Å². The van der Waals surface area contributed by atoms with Crippen molar-refractivity contribution in [3.05, 3.63) is 28.8 Å². The lowest BCUT2D eigenvalue weighted by Crippen LogP contribution is -2.22. The van der Waals surface area contributed by atoms with Crippen LogP contribution in [-0.4, -0.2) is 12.6 Å². The predicted octanol–water partition coefficient (Wildman–Crippen LogP) is 3.87. The Bertz CT molecular complexity index is 350. The van der Waals surface area contributed by atoms with E-state index in [0.717, 1.165) is 29.5 Å². The number of benzene rings is 1. The first-order valence-corrected chi connectivity index (χ1v) is 6.51. The van der Waals surface area contributed by atoms with E-state index in [1.54, 1.807) is 0 Å². The molecule has 1 rings (SSSR count). The highest BCUT2D eigenvalue weighted by atomic mass is 35.5. The van der Waals surface area contributed by atoms with Crippen molar-refractivity contribution in [2.45, 2.75) is 40.3 Å². The molecule has 0 radical (unpaired) electrons. The lowest BCUT2D eigenvalue weighted by atomic mass is 10.2. The van der Waals surface area contributed by atoms with Gasteiger partial charge in [-0.1, -0.05) is 39.3 Å². The molecule has 1 aromatic rings. The van der Waals surface area contributed by atoms with Crippen molar-refractivity contribution in [2.24, 2.45) is 5.92 Å². The lowest BCUT2D eigenvalue weighted by molar-refractivity contribution is 0.268. The van der Waals surface area contributed by atoms with Gasteiger partial charge < -0.3 is 10.1 Å². The summed E-state index contributed by atoms with van der Waals surface area (Å²) in [4.78, 5) is 0. The second kappa shape index (κ2) is 6.87. The number of halogens is 1. The van der Waals surface area contributed by atoms with Gasteiger partial charge in [-0.15, -0.1) is 0 Å². The first-order valence-electron chi connectivity index (χ1n) is 6.13. The summed E-state index contributed by atoms with van der Waals surface area (Å²) in [5.41, 5.74) is 1.12. The van der Waals surface area contributed by atoms with Gasteiger partial charge in [0.15, 0.2) is 0 Å². The molecule has 0 aliphatic heterocycles.